The Morgan fingerprint density at radius 3 is 2.17 bits per heavy atom. The van der Waals surface area contributed by atoms with Crippen molar-refractivity contribution >= 4 is 17.5 Å². The van der Waals surface area contributed by atoms with Crippen LogP contribution in [0.5, 0.6) is 11.5 Å². The smallest absolute Gasteiger partial charge is 0.224 e. The molecule has 0 saturated carbocycles. The molecule has 0 fully saturated rings. The van der Waals surface area contributed by atoms with Crippen LogP contribution in [0.1, 0.15) is 40.0 Å². The summed E-state index contributed by atoms with van der Waals surface area (Å²) in [6, 6.07) is 16.7. The molecule has 30 heavy (non-hydrogen) atoms. The van der Waals surface area contributed by atoms with Crippen molar-refractivity contribution in [3.8, 4) is 11.5 Å². The molecule has 0 heterocycles. The molecule has 6 nitrogen and oxygen atoms in total. The van der Waals surface area contributed by atoms with Crippen LogP contribution in [-0.4, -0.2) is 31.1 Å². The second-order valence-corrected chi connectivity index (χ2v) is 7.62. The van der Waals surface area contributed by atoms with Gasteiger partial charge in [-0.2, -0.15) is 0 Å². The van der Waals surface area contributed by atoms with E-state index >= 15 is 0 Å². The molecule has 0 radical (unpaired) electrons. The Morgan fingerprint density at radius 1 is 0.867 bits per heavy atom. The predicted octanol–water partition coefficient (Wildman–Crippen LogP) is 4.77. The molecule has 0 aliphatic carbocycles. The molecule has 2 aromatic rings. The summed E-state index contributed by atoms with van der Waals surface area (Å²) in [5.41, 5.74) is 0.696. The predicted molar refractivity (Wildman–Crippen MR) is 119 cm³/mol. The van der Waals surface area contributed by atoms with Crippen LogP contribution in [0.25, 0.3) is 0 Å². The summed E-state index contributed by atoms with van der Waals surface area (Å²) in [5, 5.41) is 5.74. The molecule has 0 aromatic heterocycles. The highest BCUT2D eigenvalue weighted by Crippen LogP contribution is 2.22. The van der Waals surface area contributed by atoms with Gasteiger partial charge in [-0.1, -0.05) is 25.1 Å². The van der Waals surface area contributed by atoms with E-state index in [0.717, 1.165) is 12.2 Å². The van der Waals surface area contributed by atoms with Crippen molar-refractivity contribution in [1.82, 2.24) is 5.32 Å². The van der Waals surface area contributed by atoms with E-state index in [0.29, 0.717) is 31.0 Å². The summed E-state index contributed by atoms with van der Waals surface area (Å²) < 4.78 is 11.2. The number of nitrogens with one attached hydrogen (secondary N) is 2. The summed E-state index contributed by atoms with van der Waals surface area (Å²) in [5.74, 6) is 1.26. The average molecular weight is 413 g/mol. The number of carbonyl (C=O) groups excluding carboxylic acids is 2. The van der Waals surface area contributed by atoms with Gasteiger partial charge in [0, 0.05) is 31.7 Å². The van der Waals surface area contributed by atoms with Gasteiger partial charge in [0.1, 0.15) is 11.5 Å². The molecule has 6 heteroatoms. The molecular formula is C24H32N2O4. The number of benzene rings is 2. The van der Waals surface area contributed by atoms with Gasteiger partial charge in [-0.25, -0.2) is 0 Å². The lowest BCUT2D eigenvalue weighted by atomic mass is 10.0. The van der Waals surface area contributed by atoms with Crippen molar-refractivity contribution in [3.05, 3.63) is 54.6 Å². The van der Waals surface area contributed by atoms with Crippen LogP contribution in [0, 0.1) is 5.92 Å². The third-order valence-electron chi connectivity index (χ3n) is 4.28. The highest BCUT2D eigenvalue weighted by Gasteiger charge is 2.13. The molecule has 0 saturated heterocycles. The minimum absolute atomic E-state index is 0.0396. The van der Waals surface area contributed by atoms with Crippen molar-refractivity contribution in [2.75, 3.05) is 18.5 Å². The van der Waals surface area contributed by atoms with Crippen LogP contribution >= 0.6 is 0 Å². The molecule has 162 valence electrons. The first kappa shape index (κ1) is 23.4. The largest absolute Gasteiger partial charge is 0.457 e. The fraction of sp³-hybridized carbons (Fsp3) is 0.417. The Bertz CT molecular complexity index is 776. The SMILES string of the molecule is CC(CC(=O)NCCCOC(C)C)CC(=O)Nc1ccc(Oc2ccccc2)cc1. The molecule has 2 aromatic carbocycles. The molecule has 0 aliphatic heterocycles. The number of hydrogen-bond acceptors (Lipinski definition) is 4. The molecule has 1 unspecified atom stereocenters. The zero-order valence-electron chi connectivity index (χ0n) is 18.0. The van der Waals surface area contributed by atoms with E-state index in [1.165, 1.54) is 0 Å². The van der Waals surface area contributed by atoms with E-state index in [9.17, 15) is 9.59 Å². The van der Waals surface area contributed by atoms with Gasteiger partial charge in [0.05, 0.1) is 6.10 Å². The zero-order valence-corrected chi connectivity index (χ0v) is 18.0. The highest BCUT2D eigenvalue weighted by molar-refractivity contribution is 5.91. The molecule has 2 rings (SSSR count). The number of ether oxygens (including phenoxy) is 2. The van der Waals surface area contributed by atoms with Crippen LogP contribution in [0.2, 0.25) is 0 Å². The maximum atomic E-state index is 12.3. The number of para-hydroxylation sites is 1. The van der Waals surface area contributed by atoms with Crippen molar-refractivity contribution in [3.63, 3.8) is 0 Å². The van der Waals surface area contributed by atoms with Gasteiger partial charge in [0.25, 0.3) is 0 Å². The maximum Gasteiger partial charge on any atom is 0.224 e. The molecule has 0 spiro atoms. The van der Waals surface area contributed by atoms with Gasteiger partial charge in [0.15, 0.2) is 0 Å². The highest BCUT2D eigenvalue weighted by atomic mass is 16.5. The lowest BCUT2D eigenvalue weighted by molar-refractivity contribution is -0.122. The van der Waals surface area contributed by atoms with Gasteiger partial charge in [-0.15, -0.1) is 0 Å². The number of hydrogen-bond donors (Lipinski definition) is 2. The Hall–Kier alpha value is -2.86. The van der Waals surface area contributed by atoms with E-state index < -0.39 is 0 Å². The Kier molecular flexibility index (Phi) is 9.87. The lowest BCUT2D eigenvalue weighted by Crippen LogP contribution is -2.28. The monoisotopic (exact) mass is 412 g/mol. The summed E-state index contributed by atoms with van der Waals surface area (Å²) in [7, 11) is 0. The molecule has 2 amide bonds. The normalized spacial score (nSPS) is 11.7. The first-order chi connectivity index (χ1) is 14.4. The Balaban J connectivity index is 1.67. The van der Waals surface area contributed by atoms with E-state index in [1.54, 1.807) is 12.1 Å². The summed E-state index contributed by atoms with van der Waals surface area (Å²) in [6.45, 7) is 7.08. The first-order valence-corrected chi connectivity index (χ1v) is 10.4. The maximum absolute atomic E-state index is 12.3. The van der Waals surface area contributed by atoms with Crippen LogP contribution < -0.4 is 15.4 Å². The molecule has 2 N–H and O–H groups in total. The van der Waals surface area contributed by atoms with Gasteiger partial charge in [0.2, 0.25) is 11.8 Å². The van der Waals surface area contributed by atoms with Crippen LogP contribution in [-0.2, 0) is 14.3 Å². The fourth-order valence-electron chi connectivity index (χ4n) is 2.84. The topological polar surface area (TPSA) is 76.7 Å². The molecule has 1 atom stereocenters. The van der Waals surface area contributed by atoms with Crippen molar-refractivity contribution in [2.45, 2.75) is 46.1 Å². The minimum Gasteiger partial charge on any atom is -0.457 e. The third-order valence-corrected chi connectivity index (χ3v) is 4.28. The van der Waals surface area contributed by atoms with Crippen LogP contribution in [0.3, 0.4) is 0 Å². The van der Waals surface area contributed by atoms with Gasteiger partial charge in [-0.3, -0.25) is 9.59 Å². The zero-order chi connectivity index (χ0) is 21.8. The number of amides is 2. The van der Waals surface area contributed by atoms with Gasteiger partial charge >= 0.3 is 0 Å². The summed E-state index contributed by atoms with van der Waals surface area (Å²) >= 11 is 0. The van der Waals surface area contributed by atoms with E-state index in [1.807, 2.05) is 63.2 Å². The van der Waals surface area contributed by atoms with Gasteiger partial charge < -0.3 is 20.1 Å². The van der Waals surface area contributed by atoms with Crippen LogP contribution in [0.15, 0.2) is 54.6 Å². The molecule has 0 aliphatic rings. The van der Waals surface area contributed by atoms with E-state index in [2.05, 4.69) is 10.6 Å². The lowest BCUT2D eigenvalue weighted by Gasteiger charge is -2.13. The van der Waals surface area contributed by atoms with Crippen molar-refractivity contribution < 1.29 is 19.1 Å². The van der Waals surface area contributed by atoms with Gasteiger partial charge in [-0.05, 0) is 62.6 Å². The third kappa shape index (κ3) is 9.56. The number of carbonyl (C=O) groups is 2. The summed E-state index contributed by atoms with van der Waals surface area (Å²) in [6.07, 6.45) is 1.59. The standard InChI is InChI=1S/C24H32N2O4/c1-18(2)29-15-7-14-25-23(27)16-19(3)17-24(28)26-20-10-12-22(13-11-20)30-21-8-5-4-6-9-21/h4-6,8-13,18-19H,7,14-17H2,1-3H3,(H,25,27)(H,26,28). The van der Waals surface area contributed by atoms with Crippen molar-refractivity contribution in [2.24, 2.45) is 5.92 Å². The quantitative estimate of drug-likeness (QED) is 0.493. The van der Waals surface area contributed by atoms with E-state index in [-0.39, 0.29) is 30.3 Å². The minimum atomic E-state index is -0.114. The summed E-state index contributed by atoms with van der Waals surface area (Å²) in [4.78, 5) is 24.2. The average Bonchev–Trinajstić information content (AvgIpc) is 2.69. The first-order valence-electron chi connectivity index (χ1n) is 10.4. The Labute approximate surface area is 179 Å². The Morgan fingerprint density at radius 2 is 1.50 bits per heavy atom. The second kappa shape index (κ2) is 12.6. The number of anilines is 1. The van der Waals surface area contributed by atoms with Crippen LogP contribution in [0.4, 0.5) is 5.69 Å². The second-order valence-electron chi connectivity index (χ2n) is 7.62. The fourth-order valence-corrected chi connectivity index (χ4v) is 2.84. The number of rotatable bonds is 12. The van der Waals surface area contributed by atoms with Crippen molar-refractivity contribution in [1.29, 1.82) is 0 Å². The molecular weight excluding hydrogens is 380 g/mol. The van der Waals surface area contributed by atoms with E-state index in [4.69, 9.17) is 9.47 Å². The molecule has 0 bridgehead atoms.